The standard InChI is InChI=1S/C13H18N2O5S2/c1-9-5-6-11(21-9)22(18,19)14-12(16)10-4-3-7-15(8-10)13(17)20-2/h5-6,10H,3-4,7-8H2,1-2H3,(H,14,16)/t10-/m0/s1. The fourth-order valence-electron chi connectivity index (χ4n) is 2.31. The number of thiophene rings is 1. The van der Waals surface area contributed by atoms with Crippen molar-refractivity contribution < 1.29 is 22.7 Å². The van der Waals surface area contributed by atoms with E-state index in [0.29, 0.717) is 19.4 Å². The molecule has 2 rings (SSSR count). The molecule has 7 nitrogen and oxygen atoms in total. The van der Waals surface area contributed by atoms with Crippen molar-refractivity contribution in [3.63, 3.8) is 0 Å². The summed E-state index contributed by atoms with van der Waals surface area (Å²) >= 11 is 1.11. The number of hydrogen-bond acceptors (Lipinski definition) is 6. The molecular formula is C13H18N2O5S2. The van der Waals surface area contributed by atoms with Crippen molar-refractivity contribution >= 4 is 33.4 Å². The first-order chi connectivity index (χ1) is 10.3. The van der Waals surface area contributed by atoms with E-state index in [4.69, 9.17) is 0 Å². The number of sulfonamides is 1. The quantitative estimate of drug-likeness (QED) is 0.891. The number of methoxy groups -OCH3 is 1. The molecule has 1 aliphatic rings. The summed E-state index contributed by atoms with van der Waals surface area (Å²) in [4.78, 5) is 25.9. The van der Waals surface area contributed by atoms with E-state index in [1.165, 1.54) is 18.1 Å². The van der Waals surface area contributed by atoms with Crippen LogP contribution in [0.5, 0.6) is 0 Å². The molecule has 1 N–H and O–H groups in total. The monoisotopic (exact) mass is 346 g/mol. The molecule has 2 amide bonds. The second-order valence-electron chi connectivity index (χ2n) is 5.09. The molecule has 0 spiro atoms. The predicted molar refractivity (Wildman–Crippen MR) is 81.1 cm³/mol. The molecule has 0 bridgehead atoms. The van der Waals surface area contributed by atoms with E-state index in [1.54, 1.807) is 13.0 Å². The van der Waals surface area contributed by atoms with Crippen molar-refractivity contribution in [3.8, 4) is 0 Å². The van der Waals surface area contributed by atoms with Crippen molar-refractivity contribution in [2.45, 2.75) is 24.0 Å². The number of piperidine rings is 1. The van der Waals surface area contributed by atoms with Gasteiger partial charge in [0.05, 0.1) is 13.0 Å². The second kappa shape index (κ2) is 6.66. The smallest absolute Gasteiger partial charge is 0.409 e. The number of likely N-dealkylation sites (tertiary alicyclic amines) is 1. The Morgan fingerprint density at radius 1 is 1.41 bits per heavy atom. The van der Waals surface area contributed by atoms with Crippen molar-refractivity contribution in [2.24, 2.45) is 5.92 Å². The SMILES string of the molecule is COC(=O)N1CCC[C@H](C(=O)NS(=O)(=O)c2ccc(C)s2)C1. The fourth-order valence-corrected chi connectivity index (χ4v) is 4.64. The van der Waals surface area contributed by atoms with Gasteiger partial charge in [-0.3, -0.25) is 4.79 Å². The zero-order chi connectivity index (χ0) is 16.3. The van der Waals surface area contributed by atoms with E-state index >= 15 is 0 Å². The van der Waals surface area contributed by atoms with Gasteiger partial charge in [0.2, 0.25) is 5.91 Å². The van der Waals surface area contributed by atoms with Crippen LogP contribution in [0.15, 0.2) is 16.3 Å². The molecule has 22 heavy (non-hydrogen) atoms. The largest absolute Gasteiger partial charge is 0.453 e. The number of amides is 2. The third kappa shape index (κ3) is 3.77. The number of carbonyl (C=O) groups is 2. The van der Waals surface area contributed by atoms with Crippen molar-refractivity contribution in [3.05, 3.63) is 17.0 Å². The highest BCUT2D eigenvalue weighted by molar-refractivity contribution is 7.92. The van der Waals surface area contributed by atoms with Crippen LogP contribution in [0.25, 0.3) is 0 Å². The minimum atomic E-state index is -3.85. The predicted octanol–water partition coefficient (Wildman–Crippen LogP) is 1.34. The minimum absolute atomic E-state index is 0.110. The van der Waals surface area contributed by atoms with Gasteiger partial charge < -0.3 is 9.64 Å². The number of aryl methyl sites for hydroxylation is 1. The zero-order valence-corrected chi connectivity index (χ0v) is 14.0. The summed E-state index contributed by atoms with van der Waals surface area (Å²) in [5.74, 6) is -1.14. The molecule has 0 aromatic carbocycles. The lowest BCUT2D eigenvalue weighted by molar-refractivity contribution is -0.124. The van der Waals surface area contributed by atoms with E-state index in [1.807, 2.05) is 0 Å². The molecule has 2 heterocycles. The Kier molecular flexibility index (Phi) is 5.07. The topological polar surface area (TPSA) is 92.8 Å². The van der Waals surface area contributed by atoms with Gasteiger partial charge in [-0.2, -0.15) is 0 Å². The summed E-state index contributed by atoms with van der Waals surface area (Å²) in [6.07, 6.45) is 0.665. The molecule has 1 atom stereocenters. The Hall–Kier alpha value is -1.61. The van der Waals surface area contributed by atoms with Crippen LogP contribution in [0.1, 0.15) is 17.7 Å². The normalized spacial score (nSPS) is 18.8. The Balaban J connectivity index is 2.04. The van der Waals surface area contributed by atoms with Gasteiger partial charge >= 0.3 is 6.09 Å². The molecule has 0 aliphatic carbocycles. The first kappa shape index (κ1) is 16.8. The first-order valence-corrected chi connectivity index (χ1v) is 9.09. The van der Waals surface area contributed by atoms with Crippen molar-refractivity contribution in [1.82, 2.24) is 9.62 Å². The summed E-state index contributed by atoms with van der Waals surface area (Å²) in [5, 5.41) is 0. The highest BCUT2D eigenvalue weighted by Gasteiger charge is 2.31. The lowest BCUT2D eigenvalue weighted by Crippen LogP contribution is -2.46. The summed E-state index contributed by atoms with van der Waals surface area (Å²) in [7, 11) is -2.57. The summed E-state index contributed by atoms with van der Waals surface area (Å²) in [5.41, 5.74) is 0. The Labute approximate surface area is 133 Å². The fraction of sp³-hybridized carbons (Fsp3) is 0.538. The molecule has 1 fully saturated rings. The Morgan fingerprint density at radius 3 is 2.73 bits per heavy atom. The average Bonchev–Trinajstić information content (AvgIpc) is 2.93. The first-order valence-electron chi connectivity index (χ1n) is 6.79. The van der Waals surface area contributed by atoms with Gasteiger partial charge in [0.25, 0.3) is 10.0 Å². The maximum atomic E-state index is 12.2. The number of rotatable bonds is 3. The molecule has 9 heteroatoms. The van der Waals surface area contributed by atoms with E-state index in [9.17, 15) is 18.0 Å². The van der Waals surface area contributed by atoms with Crippen LogP contribution in [-0.2, 0) is 19.6 Å². The van der Waals surface area contributed by atoms with Gasteiger partial charge in [0.1, 0.15) is 4.21 Å². The number of ether oxygens (including phenoxy) is 1. The molecule has 122 valence electrons. The van der Waals surface area contributed by atoms with Crippen LogP contribution in [-0.4, -0.2) is 45.5 Å². The van der Waals surface area contributed by atoms with Gasteiger partial charge in [-0.25, -0.2) is 17.9 Å². The van der Waals surface area contributed by atoms with Crippen LogP contribution in [0, 0.1) is 12.8 Å². The van der Waals surface area contributed by atoms with Gasteiger partial charge in [-0.05, 0) is 31.9 Å². The third-order valence-corrected chi connectivity index (χ3v) is 6.28. The van der Waals surface area contributed by atoms with Crippen molar-refractivity contribution in [2.75, 3.05) is 20.2 Å². The lowest BCUT2D eigenvalue weighted by atomic mass is 9.98. The van der Waals surface area contributed by atoms with Crippen LogP contribution >= 0.6 is 11.3 Å². The van der Waals surface area contributed by atoms with Gasteiger partial charge in [-0.15, -0.1) is 11.3 Å². The number of nitrogens with one attached hydrogen (secondary N) is 1. The maximum Gasteiger partial charge on any atom is 0.409 e. The van der Waals surface area contributed by atoms with Crippen LogP contribution in [0.2, 0.25) is 0 Å². The number of nitrogens with zero attached hydrogens (tertiary/aromatic N) is 1. The highest BCUT2D eigenvalue weighted by Crippen LogP contribution is 2.22. The molecule has 0 saturated carbocycles. The summed E-state index contributed by atoms with van der Waals surface area (Å²) in [6.45, 7) is 2.46. The Bertz CT molecular complexity index is 668. The summed E-state index contributed by atoms with van der Waals surface area (Å²) < 4.78 is 31.1. The van der Waals surface area contributed by atoms with Crippen molar-refractivity contribution in [1.29, 1.82) is 0 Å². The van der Waals surface area contributed by atoms with E-state index in [0.717, 1.165) is 16.2 Å². The zero-order valence-electron chi connectivity index (χ0n) is 12.4. The molecular weight excluding hydrogens is 328 g/mol. The third-order valence-electron chi connectivity index (χ3n) is 3.44. The van der Waals surface area contributed by atoms with E-state index in [-0.39, 0.29) is 10.8 Å². The lowest BCUT2D eigenvalue weighted by Gasteiger charge is -2.30. The van der Waals surface area contributed by atoms with E-state index < -0.39 is 27.9 Å². The number of hydrogen-bond donors (Lipinski definition) is 1. The highest BCUT2D eigenvalue weighted by atomic mass is 32.2. The van der Waals surface area contributed by atoms with Gasteiger partial charge in [-0.1, -0.05) is 0 Å². The van der Waals surface area contributed by atoms with Crippen LogP contribution in [0.4, 0.5) is 4.79 Å². The van der Waals surface area contributed by atoms with E-state index in [2.05, 4.69) is 9.46 Å². The Morgan fingerprint density at radius 2 is 2.14 bits per heavy atom. The molecule has 1 aliphatic heterocycles. The molecule has 1 aromatic rings. The number of carbonyl (C=O) groups excluding carboxylic acids is 2. The summed E-state index contributed by atoms with van der Waals surface area (Å²) in [6, 6.07) is 3.15. The molecule has 1 aromatic heterocycles. The molecule has 0 radical (unpaired) electrons. The molecule has 1 saturated heterocycles. The van der Waals surface area contributed by atoms with Crippen LogP contribution < -0.4 is 4.72 Å². The second-order valence-corrected chi connectivity index (χ2v) is 8.29. The van der Waals surface area contributed by atoms with Gasteiger partial charge in [0.15, 0.2) is 0 Å². The minimum Gasteiger partial charge on any atom is -0.453 e. The average molecular weight is 346 g/mol. The van der Waals surface area contributed by atoms with Gasteiger partial charge in [0, 0.05) is 18.0 Å². The van der Waals surface area contributed by atoms with Crippen LogP contribution in [0.3, 0.4) is 0 Å². The maximum absolute atomic E-state index is 12.2. The molecule has 0 unspecified atom stereocenters.